The molecule has 0 saturated heterocycles. The van der Waals surface area contributed by atoms with Crippen LogP contribution >= 0.6 is 0 Å². The standard InChI is InChI=1S/C21H28OSi/c1-20(2,3)23(18-12-7-5-8-13-18,19-14-9-6-10-15-19)22-21(4)16-11-17-21/h5-10,12-15H,11,16-17H2,1-4H3. The summed E-state index contributed by atoms with van der Waals surface area (Å²) in [7, 11) is -2.35. The molecule has 23 heavy (non-hydrogen) atoms. The molecule has 3 rings (SSSR count). The highest BCUT2D eigenvalue weighted by Crippen LogP contribution is 2.44. The molecule has 0 N–H and O–H groups in total. The number of rotatable bonds is 4. The Hall–Kier alpha value is -1.38. The van der Waals surface area contributed by atoms with Gasteiger partial charge in [-0.3, -0.25) is 0 Å². The molecule has 0 radical (unpaired) electrons. The molecule has 0 heterocycles. The zero-order valence-electron chi connectivity index (χ0n) is 14.8. The lowest BCUT2D eigenvalue weighted by Gasteiger charge is -2.51. The fourth-order valence-electron chi connectivity index (χ4n) is 3.80. The Morgan fingerprint density at radius 3 is 1.57 bits per heavy atom. The summed E-state index contributed by atoms with van der Waals surface area (Å²) in [6, 6.07) is 21.9. The first-order valence-electron chi connectivity index (χ1n) is 8.69. The van der Waals surface area contributed by atoms with Crippen LogP contribution in [0.15, 0.2) is 60.7 Å². The first-order chi connectivity index (χ1) is 10.9. The van der Waals surface area contributed by atoms with Gasteiger partial charge in [-0.2, -0.15) is 0 Å². The molecule has 0 amide bonds. The van der Waals surface area contributed by atoms with Crippen LogP contribution in [0.25, 0.3) is 0 Å². The van der Waals surface area contributed by atoms with E-state index >= 15 is 0 Å². The first kappa shape index (κ1) is 16.5. The van der Waals surface area contributed by atoms with Gasteiger partial charge in [0.05, 0.1) is 5.60 Å². The summed E-state index contributed by atoms with van der Waals surface area (Å²) in [6.45, 7) is 9.35. The molecule has 1 aliphatic rings. The SMILES string of the molecule is CC1(O[Si](c2ccccc2)(c2ccccc2)C(C)(C)C)CCC1. The Balaban J connectivity index is 2.21. The molecule has 0 aliphatic heterocycles. The van der Waals surface area contributed by atoms with Crippen LogP contribution in [0.1, 0.15) is 47.0 Å². The minimum absolute atomic E-state index is 0.0329. The molecule has 0 atom stereocenters. The van der Waals surface area contributed by atoms with E-state index in [2.05, 4.69) is 88.4 Å². The van der Waals surface area contributed by atoms with Crippen LogP contribution < -0.4 is 10.4 Å². The van der Waals surface area contributed by atoms with Gasteiger partial charge in [0, 0.05) is 0 Å². The highest BCUT2D eigenvalue weighted by molar-refractivity contribution is 6.99. The van der Waals surface area contributed by atoms with Crippen molar-refractivity contribution < 1.29 is 4.43 Å². The molecule has 1 nitrogen and oxygen atoms in total. The second kappa shape index (κ2) is 5.92. The maximum Gasteiger partial charge on any atom is 0.261 e. The average molecular weight is 325 g/mol. The van der Waals surface area contributed by atoms with Gasteiger partial charge in [0.1, 0.15) is 0 Å². The predicted octanol–water partition coefficient (Wildman–Crippen LogP) is 4.51. The van der Waals surface area contributed by atoms with Gasteiger partial charge in [-0.15, -0.1) is 0 Å². The van der Waals surface area contributed by atoms with Crippen molar-refractivity contribution >= 4 is 18.7 Å². The van der Waals surface area contributed by atoms with E-state index in [4.69, 9.17) is 4.43 Å². The smallest absolute Gasteiger partial charge is 0.261 e. The molecular weight excluding hydrogens is 296 g/mol. The van der Waals surface area contributed by atoms with Crippen LogP contribution in [0.3, 0.4) is 0 Å². The van der Waals surface area contributed by atoms with E-state index in [0.29, 0.717) is 0 Å². The largest absolute Gasteiger partial charge is 0.402 e. The van der Waals surface area contributed by atoms with Crippen LogP contribution in [-0.2, 0) is 4.43 Å². The lowest BCUT2D eigenvalue weighted by molar-refractivity contribution is 0.00163. The summed E-state index contributed by atoms with van der Waals surface area (Å²) in [5, 5.41) is 2.84. The third kappa shape index (κ3) is 2.90. The van der Waals surface area contributed by atoms with Gasteiger partial charge in [-0.1, -0.05) is 81.4 Å². The molecule has 1 aliphatic carbocycles. The summed E-state index contributed by atoms with van der Waals surface area (Å²) >= 11 is 0. The number of hydrogen-bond acceptors (Lipinski definition) is 1. The molecule has 1 saturated carbocycles. The van der Waals surface area contributed by atoms with Crippen LogP contribution in [0.2, 0.25) is 5.04 Å². The predicted molar refractivity (Wildman–Crippen MR) is 101 cm³/mol. The lowest BCUT2D eigenvalue weighted by atomic mass is 9.82. The van der Waals surface area contributed by atoms with Crippen molar-refractivity contribution in [2.24, 2.45) is 0 Å². The normalized spacial score (nSPS) is 17.6. The molecule has 2 aromatic rings. The van der Waals surface area contributed by atoms with Crippen LogP contribution in [-0.4, -0.2) is 13.9 Å². The Bertz CT molecular complexity index is 599. The van der Waals surface area contributed by atoms with Gasteiger partial charge in [0.25, 0.3) is 8.32 Å². The molecular formula is C21H28OSi. The number of hydrogen-bond donors (Lipinski definition) is 0. The quantitative estimate of drug-likeness (QED) is 0.752. The van der Waals surface area contributed by atoms with Crippen molar-refractivity contribution in [2.75, 3.05) is 0 Å². The molecule has 0 bridgehead atoms. The molecule has 2 heteroatoms. The fourth-order valence-corrected chi connectivity index (χ4v) is 8.67. The summed E-state index contributed by atoms with van der Waals surface area (Å²) < 4.78 is 7.14. The summed E-state index contributed by atoms with van der Waals surface area (Å²) in [5.41, 5.74) is 0.0329. The van der Waals surface area contributed by atoms with E-state index in [0.717, 1.165) is 0 Å². The Kier molecular flexibility index (Phi) is 4.24. The molecule has 0 aromatic heterocycles. The molecule has 1 fully saturated rings. The molecule has 0 spiro atoms. The minimum Gasteiger partial charge on any atom is -0.402 e. The van der Waals surface area contributed by atoms with Crippen molar-refractivity contribution in [1.29, 1.82) is 0 Å². The summed E-state index contributed by atoms with van der Waals surface area (Å²) in [4.78, 5) is 0. The van der Waals surface area contributed by atoms with Crippen molar-refractivity contribution in [1.82, 2.24) is 0 Å². The maximum atomic E-state index is 7.14. The maximum absolute atomic E-state index is 7.14. The average Bonchev–Trinajstić information content (AvgIpc) is 2.51. The zero-order chi connectivity index (χ0) is 16.6. The van der Waals surface area contributed by atoms with E-state index in [-0.39, 0.29) is 10.6 Å². The first-order valence-corrected chi connectivity index (χ1v) is 10.6. The second-order valence-electron chi connectivity index (χ2n) is 8.07. The monoisotopic (exact) mass is 324 g/mol. The van der Waals surface area contributed by atoms with Gasteiger partial charge < -0.3 is 4.43 Å². The van der Waals surface area contributed by atoms with Crippen LogP contribution in [0, 0.1) is 0 Å². The Morgan fingerprint density at radius 1 is 0.826 bits per heavy atom. The zero-order valence-corrected chi connectivity index (χ0v) is 15.8. The fraction of sp³-hybridized carbons (Fsp3) is 0.429. The Morgan fingerprint density at radius 2 is 1.26 bits per heavy atom. The van der Waals surface area contributed by atoms with Gasteiger partial charge >= 0.3 is 0 Å². The van der Waals surface area contributed by atoms with E-state index in [1.165, 1.54) is 29.6 Å². The highest BCUT2D eigenvalue weighted by Gasteiger charge is 2.54. The van der Waals surface area contributed by atoms with Crippen molar-refractivity contribution in [3.05, 3.63) is 60.7 Å². The van der Waals surface area contributed by atoms with Gasteiger partial charge in [0.2, 0.25) is 0 Å². The highest BCUT2D eigenvalue weighted by atomic mass is 28.4. The van der Waals surface area contributed by atoms with Crippen molar-refractivity contribution in [3.8, 4) is 0 Å². The van der Waals surface area contributed by atoms with E-state index < -0.39 is 8.32 Å². The van der Waals surface area contributed by atoms with Crippen LogP contribution in [0.4, 0.5) is 0 Å². The molecule has 2 aromatic carbocycles. The number of benzene rings is 2. The van der Waals surface area contributed by atoms with Gasteiger partial charge in [-0.25, -0.2) is 0 Å². The third-order valence-corrected chi connectivity index (χ3v) is 10.4. The van der Waals surface area contributed by atoms with Gasteiger partial charge in [0.15, 0.2) is 0 Å². The minimum atomic E-state index is -2.35. The topological polar surface area (TPSA) is 9.23 Å². The summed E-state index contributed by atoms with van der Waals surface area (Å²) in [5.74, 6) is 0. The second-order valence-corrected chi connectivity index (χ2v) is 12.3. The molecule has 0 unspecified atom stereocenters. The van der Waals surface area contributed by atoms with Crippen molar-refractivity contribution in [2.45, 2.75) is 57.6 Å². The Labute approximate surface area is 141 Å². The summed E-state index contributed by atoms with van der Waals surface area (Å²) in [6.07, 6.45) is 3.64. The lowest BCUT2D eigenvalue weighted by Crippen LogP contribution is -2.70. The third-order valence-electron chi connectivity index (χ3n) is 5.23. The molecule has 122 valence electrons. The van der Waals surface area contributed by atoms with Crippen LogP contribution in [0.5, 0.6) is 0 Å². The van der Waals surface area contributed by atoms with E-state index in [1.54, 1.807) is 0 Å². The van der Waals surface area contributed by atoms with E-state index in [1.807, 2.05) is 0 Å². The van der Waals surface area contributed by atoms with E-state index in [9.17, 15) is 0 Å². The van der Waals surface area contributed by atoms with Gasteiger partial charge in [-0.05, 0) is 41.6 Å². The van der Waals surface area contributed by atoms with Crippen molar-refractivity contribution in [3.63, 3.8) is 0 Å².